The molecule has 2 aromatic rings. The van der Waals surface area contributed by atoms with Crippen LogP contribution in [0.5, 0.6) is 0 Å². The zero-order valence-electron chi connectivity index (χ0n) is 12.9. The summed E-state index contributed by atoms with van der Waals surface area (Å²) in [7, 11) is 0. The lowest BCUT2D eigenvalue weighted by molar-refractivity contribution is -0.152. The van der Waals surface area contributed by atoms with Gasteiger partial charge in [-0.05, 0) is 24.4 Å². The second-order valence-corrected chi connectivity index (χ2v) is 6.56. The fourth-order valence-electron chi connectivity index (χ4n) is 1.66. The Hall–Kier alpha value is -2.16. The lowest BCUT2D eigenvalue weighted by Crippen LogP contribution is -2.35. The van der Waals surface area contributed by atoms with Crippen LogP contribution in [0.1, 0.15) is 16.6 Å². The summed E-state index contributed by atoms with van der Waals surface area (Å²) in [5.74, 6) is -1.65. The van der Waals surface area contributed by atoms with Crippen molar-refractivity contribution in [2.45, 2.75) is 13.0 Å². The van der Waals surface area contributed by atoms with Crippen LogP contribution < -0.4 is 10.6 Å². The number of pyridine rings is 1. The second-order valence-electron chi connectivity index (χ2n) is 4.77. The molecule has 0 aromatic carbocycles. The van der Waals surface area contributed by atoms with Crippen molar-refractivity contribution in [2.24, 2.45) is 0 Å². The van der Waals surface area contributed by atoms with Gasteiger partial charge in [-0.1, -0.05) is 29.3 Å². The fraction of sp³-hybridized carbons (Fsp3) is 0.200. The Kier molecular flexibility index (Phi) is 6.74. The normalized spacial score (nSPS) is 11.5. The quantitative estimate of drug-likeness (QED) is 0.725. The number of hydrogen-bond acceptors (Lipinski definition) is 6. The molecule has 1 atom stereocenters. The average molecular weight is 402 g/mol. The highest BCUT2D eigenvalue weighted by atomic mass is 35.5. The molecule has 2 N–H and O–H groups in total. The van der Waals surface area contributed by atoms with Crippen molar-refractivity contribution in [3.8, 4) is 0 Å². The highest BCUT2D eigenvalue weighted by molar-refractivity contribution is 7.12. The molecule has 2 heterocycles. The van der Waals surface area contributed by atoms with Crippen LogP contribution in [0.4, 0.5) is 5.82 Å². The molecule has 132 valence electrons. The number of nitrogens with one attached hydrogen (secondary N) is 2. The van der Waals surface area contributed by atoms with Crippen LogP contribution in [-0.4, -0.2) is 35.4 Å². The zero-order valence-corrected chi connectivity index (χ0v) is 15.2. The molecular weight excluding hydrogens is 389 g/mol. The van der Waals surface area contributed by atoms with Crippen molar-refractivity contribution in [1.82, 2.24) is 10.3 Å². The number of rotatable bonds is 6. The lowest BCUT2D eigenvalue weighted by atomic mass is 10.3. The van der Waals surface area contributed by atoms with Crippen LogP contribution in [0.25, 0.3) is 0 Å². The molecule has 10 heteroatoms. The predicted molar refractivity (Wildman–Crippen MR) is 95.1 cm³/mol. The number of carbonyl (C=O) groups excluding carboxylic acids is 3. The third-order valence-corrected chi connectivity index (χ3v) is 4.23. The Bertz CT molecular complexity index is 783. The summed E-state index contributed by atoms with van der Waals surface area (Å²) in [6.45, 7) is 1.03. The van der Waals surface area contributed by atoms with Gasteiger partial charge in [0, 0.05) is 6.20 Å². The zero-order chi connectivity index (χ0) is 18.4. The van der Waals surface area contributed by atoms with Crippen molar-refractivity contribution < 1.29 is 19.1 Å². The van der Waals surface area contributed by atoms with Crippen LogP contribution in [0.15, 0.2) is 29.8 Å². The van der Waals surface area contributed by atoms with Crippen LogP contribution >= 0.6 is 34.5 Å². The Balaban J connectivity index is 1.81. The minimum absolute atomic E-state index is 0.102. The largest absolute Gasteiger partial charge is 0.451 e. The molecule has 0 aliphatic carbocycles. The van der Waals surface area contributed by atoms with Gasteiger partial charge in [0.2, 0.25) is 0 Å². The Labute approximate surface area is 157 Å². The van der Waals surface area contributed by atoms with E-state index in [-0.39, 0.29) is 23.3 Å². The molecule has 0 bridgehead atoms. The van der Waals surface area contributed by atoms with Crippen molar-refractivity contribution in [2.75, 3.05) is 11.9 Å². The van der Waals surface area contributed by atoms with E-state index in [1.54, 1.807) is 17.5 Å². The number of hydrogen-bond donors (Lipinski definition) is 2. The number of esters is 1. The number of carbonyl (C=O) groups is 3. The number of halogens is 2. The summed E-state index contributed by atoms with van der Waals surface area (Å²) in [4.78, 5) is 39.8. The van der Waals surface area contributed by atoms with Gasteiger partial charge < -0.3 is 15.4 Å². The Morgan fingerprint density at radius 1 is 1.36 bits per heavy atom. The Morgan fingerprint density at radius 2 is 2.12 bits per heavy atom. The summed E-state index contributed by atoms with van der Waals surface area (Å²) >= 11 is 12.9. The summed E-state index contributed by atoms with van der Waals surface area (Å²) in [5.41, 5.74) is 0. The molecule has 25 heavy (non-hydrogen) atoms. The maximum Gasteiger partial charge on any atom is 0.326 e. The van der Waals surface area contributed by atoms with E-state index in [1.165, 1.54) is 30.5 Å². The highest BCUT2D eigenvalue weighted by Crippen LogP contribution is 2.22. The van der Waals surface area contributed by atoms with Gasteiger partial charge >= 0.3 is 5.97 Å². The first kappa shape index (κ1) is 19.2. The van der Waals surface area contributed by atoms with E-state index in [0.717, 1.165) is 0 Å². The van der Waals surface area contributed by atoms with E-state index < -0.39 is 18.0 Å². The standard InChI is InChI=1S/C15H13Cl2N3O4S/c1-8(14(22)20-13-10(17)5-9(16)6-18-13)24-12(21)7-19-15(23)11-3-2-4-25-11/h2-6,8H,7H2,1H3,(H,19,23)(H,18,20,22)/t8-/m1/s1. The molecule has 0 aliphatic rings. The van der Waals surface area contributed by atoms with Gasteiger partial charge in [0.25, 0.3) is 11.8 Å². The molecule has 2 amide bonds. The number of ether oxygens (including phenoxy) is 1. The molecule has 0 radical (unpaired) electrons. The first-order valence-corrected chi connectivity index (χ1v) is 8.63. The molecule has 0 spiro atoms. The van der Waals surface area contributed by atoms with Crippen molar-refractivity contribution in [1.29, 1.82) is 0 Å². The number of nitrogens with zero attached hydrogens (tertiary/aromatic N) is 1. The van der Waals surface area contributed by atoms with Crippen LogP contribution in [0.2, 0.25) is 10.0 Å². The third-order valence-electron chi connectivity index (χ3n) is 2.87. The third kappa shape index (κ3) is 5.70. The lowest BCUT2D eigenvalue weighted by Gasteiger charge is -2.14. The first-order chi connectivity index (χ1) is 11.9. The molecule has 2 aromatic heterocycles. The van der Waals surface area contributed by atoms with E-state index in [2.05, 4.69) is 15.6 Å². The Morgan fingerprint density at radius 3 is 2.76 bits per heavy atom. The maximum atomic E-state index is 12.0. The fourth-order valence-corrected chi connectivity index (χ4v) is 2.73. The summed E-state index contributed by atoms with van der Waals surface area (Å²) in [6, 6.07) is 4.77. The van der Waals surface area contributed by atoms with Gasteiger partial charge in [0.05, 0.1) is 14.9 Å². The van der Waals surface area contributed by atoms with E-state index in [0.29, 0.717) is 9.90 Å². The molecule has 7 nitrogen and oxygen atoms in total. The van der Waals surface area contributed by atoms with Crippen LogP contribution in [-0.2, 0) is 14.3 Å². The van der Waals surface area contributed by atoms with Gasteiger partial charge in [-0.15, -0.1) is 11.3 Å². The summed E-state index contributed by atoms with van der Waals surface area (Å²) < 4.78 is 4.96. The van der Waals surface area contributed by atoms with Crippen molar-refractivity contribution in [3.63, 3.8) is 0 Å². The smallest absolute Gasteiger partial charge is 0.326 e. The average Bonchev–Trinajstić information content (AvgIpc) is 3.09. The second kappa shape index (κ2) is 8.80. The molecule has 0 aliphatic heterocycles. The monoisotopic (exact) mass is 401 g/mol. The molecule has 0 unspecified atom stereocenters. The minimum Gasteiger partial charge on any atom is -0.451 e. The molecule has 0 fully saturated rings. The molecule has 0 saturated carbocycles. The van der Waals surface area contributed by atoms with Gasteiger partial charge in [-0.3, -0.25) is 14.4 Å². The topological polar surface area (TPSA) is 97.4 Å². The molecular formula is C15H13Cl2N3O4S. The summed E-state index contributed by atoms with van der Waals surface area (Å²) in [5, 5.41) is 7.06. The number of aromatic nitrogens is 1. The van der Waals surface area contributed by atoms with E-state index >= 15 is 0 Å². The number of amides is 2. The highest BCUT2D eigenvalue weighted by Gasteiger charge is 2.20. The van der Waals surface area contributed by atoms with Crippen LogP contribution in [0.3, 0.4) is 0 Å². The van der Waals surface area contributed by atoms with Crippen LogP contribution in [0, 0.1) is 0 Å². The maximum absolute atomic E-state index is 12.0. The van der Waals surface area contributed by atoms with Crippen molar-refractivity contribution >= 4 is 58.1 Å². The SMILES string of the molecule is C[C@@H](OC(=O)CNC(=O)c1cccs1)C(=O)Nc1ncc(Cl)cc1Cl. The van der Waals surface area contributed by atoms with E-state index in [4.69, 9.17) is 27.9 Å². The van der Waals surface area contributed by atoms with Gasteiger partial charge in [0.15, 0.2) is 11.9 Å². The molecule has 2 rings (SSSR count). The summed E-state index contributed by atoms with van der Waals surface area (Å²) in [6.07, 6.45) is 0.222. The van der Waals surface area contributed by atoms with Gasteiger partial charge in [-0.25, -0.2) is 4.98 Å². The van der Waals surface area contributed by atoms with Crippen molar-refractivity contribution in [3.05, 3.63) is 44.7 Å². The predicted octanol–water partition coefficient (Wildman–Crippen LogP) is 2.75. The van der Waals surface area contributed by atoms with Gasteiger partial charge in [0.1, 0.15) is 6.54 Å². The van der Waals surface area contributed by atoms with Gasteiger partial charge in [-0.2, -0.15) is 0 Å². The minimum atomic E-state index is -1.10. The number of thiophene rings is 1. The first-order valence-electron chi connectivity index (χ1n) is 7.00. The number of anilines is 1. The van der Waals surface area contributed by atoms with E-state index in [1.807, 2.05) is 0 Å². The van der Waals surface area contributed by atoms with E-state index in [9.17, 15) is 14.4 Å². The molecule has 0 saturated heterocycles.